The molecule has 0 radical (unpaired) electrons. The molecule has 1 N–H and O–H groups in total. The van der Waals surface area contributed by atoms with Gasteiger partial charge in [0.2, 0.25) is 6.54 Å². The van der Waals surface area contributed by atoms with Gasteiger partial charge >= 0.3 is 6.09 Å². The average molecular weight is 246 g/mol. The van der Waals surface area contributed by atoms with Gasteiger partial charge in [-0.25, -0.2) is 11.4 Å². The van der Waals surface area contributed by atoms with Crippen LogP contribution in [0, 0.1) is 6.57 Å². The van der Waals surface area contributed by atoms with Crippen LogP contribution in [0.25, 0.3) is 4.85 Å². The van der Waals surface area contributed by atoms with E-state index in [2.05, 4.69) is 10.2 Å². The van der Waals surface area contributed by atoms with E-state index < -0.39 is 11.7 Å². The molecule has 4 heteroatoms. The second-order valence-electron chi connectivity index (χ2n) is 4.92. The van der Waals surface area contributed by atoms with Gasteiger partial charge in [-0.3, -0.25) is 5.32 Å². The highest BCUT2D eigenvalue weighted by Crippen LogP contribution is 2.17. The number of nitrogens with one attached hydrogen (secondary N) is 1. The summed E-state index contributed by atoms with van der Waals surface area (Å²) in [6.07, 6.45) is 0.146. The summed E-state index contributed by atoms with van der Waals surface area (Å²) >= 11 is 0. The molecular weight excluding hydrogens is 228 g/mol. The molecule has 18 heavy (non-hydrogen) atoms. The summed E-state index contributed by atoms with van der Waals surface area (Å²) in [7, 11) is 0. The Bertz CT molecular complexity index is 456. The number of hydrogen-bond donors (Lipinski definition) is 1. The second kappa shape index (κ2) is 6.06. The van der Waals surface area contributed by atoms with E-state index in [1.165, 1.54) is 0 Å². The third-order valence-corrected chi connectivity index (χ3v) is 2.15. The van der Waals surface area contributed by atoms with Gasteiger partial charge in [0, 0.05) is 12.1 Å². The number of hydrogen-bond acceptors (Lipinski definition) is 2. The summed E-state index contributed by atoms with van der Waals surface area (Å²) < 4.78 is 5.19. The molecule has 0 atom stereocenters. The number of para-hydroxylation sites is 1. The number of ether oxygens (including phenoxy) is 1. The van der Waals surface area contributed by atoms with Crippen molar-refractivity contribution in [1.82, 2.24) is 0 Å². The SMILES string of the molecule is [C-]#[N+]CCc1ccccc1NC(=O)OC(C)(C)C. The summed E-state index contributed by atoms with van der Waals surface area (Å²) in [4.78, 5) is 15.0. The Kier molecular flexibility index (Phi) is 4.73. The molecule has 0 aliphatic rings. The summed E-state index contributed by atoms with van der Waals surface area (Å²) in [5.41, 5.74) is 1.13. The lowest BCUT2D eigenvalue weighted by molar-refractivity contribution is 0.0636. The van der Waals surface area contributed by atoms with Crippen molar-refractivity contribution in [2.24, 2.45) is 0 Å². The summed E-state index contributed by atoms with van der Waals surface area (Å²) in [6, 6.07) is 7.44. The normalized spacial score (nSPS) is 10.6. The van der Waals surface area contributed by atoms with Crippen LogP contribution in [0.5, 0.6) is 0 Å². The third-order valence-electron chi connectivity index (χ3n) is 2.15. The van der Waals surface area contributed by atoms with Gasteiger partial charge in [-0.2, -0.15) is 0 Å². The van der Waals surface area contributed by atoms with Crippen molar-refractivity contribution in [2.45, 2.75) is 32.8 Å². The Labute approximate surface area is 108 Å². The molecule has 0 heterocycles. The number of carbonyl (C=O) groups is 1. The molecule has 0 bridgehead atoms. The molecule has 0 fully saturated rings. The van der Waals surface area contributed by atoms with Crippen LogP contribution in [0.15, 0.2) is 24.3 Å². The molecule has 0 aliphatic carbocycles. The van der Waals surface area contributed by atoms with Crippen molar-refractivity contribution in [3.8, 4) is 0 Å². The molecule has 0 saturated heterocycles. The molecule has 1 aromatic rings. The molecule has 96 valence electrons. The van der Waals surface area contributed by atoms with Gasteiger partial charge in [0.15, 0.2) is 0 Å². The third kappa shape index (κ3) is 4.88. The number of rotatable bonds is 3. The predicted molar refractivity (Wildman–Crippen MR) is 71.5 cm³/mol. The molecule has 1 aromatic carbocycles. The highest BCUT2D eigenvalue weighted by atomic mass is 16.6. The van der Waals surface area contributed by atoms with Crippen LogP contribution in [0.2, 0.25) is 0 Å². The number of amides is 1. The highest BCUT2D eigenvalue weighted by molar-refractivity contribution is 5.85. The first-order valence-corrected chi connectivity index (χ1v) is 5.83. The second-order valence-corrected chi connectivity index (χ2v) is 4.92. The van der Waals surface area contributed by atoms with E-state index in [0.29, 0.717) is 18.7 Å². The lowest BCUT2D eigenvalue weighted by Crippen LogP contribution is -2.27. The minimum atomic E-state index is -0.518. The van der Waals surface area contributed by atoms with Crippen LogP contribution >= 0.6 is 0 Å². The van der Waals surface area contributed by atoms with E-state index in [0.717, 1.165) is 5.56 Å². The maximum absolute atomic E-state index is 11.7. The number of benzene rings is 1. The van der Waals surface area contributed by atoms with Crippen molar-refractivity contribution in [3.63, 3.8) is 0 Å². The van der Waals surface area contributed by atoms with E-state index in [9.17, 15) is 4.79 Å². The monoisotopic (exact) mass is 246 g/mol. The molecule has 0 unspecified atom stereocenters. The van der Waals surface area contributed by atoms with E-state index in [1.807, 2.05) is 45.0 Å². The maximum Gasteiger partial charge on any atom is 0.412 e. The first kappa shape index (κ1) is 14.0. The zero-order valence-electron chi connectivity index (χ0n) is 11.0. The van der Waals surface area contributed by atoms with Gasteiger partial charge in [-0.1, -0.05) is 18.2 Å². The van der Waals surface area contributed by atoms with Crippen molar-refractivity contribution >= 4 is 11.8 Å². The molecule has 0 saturated carbocycles. The number of nitrogens with zero attached hydrogens (tertiary/aromatic N) is 1. The fourth-order valence-corrected chi connectivity index (χ4v) is 1.45. The number of carbonyl (C=O) groups excluding carboxylic acids is 1. The van der Waals surface area contributed by atoms with Gasteiger partial charge < -0.3 is 9.58 Å². The molecule has 0 aromatic heterocycles. The zero-order chi connectivity index (χ0) is 13.6. The Hall–Kier alpha value is -2.02. The summed E-state index contributed by atoms with van der Waals surface area (Å²) in [5, 5.41) is 2.71. The standard InChI is InChI=1S/C14H18N2O2/c1-14(2,3)18-13(17)16-12-8-6-5-7-11(12)9-10-15-4/h5-8H,9-10H2,1-3H3,(H,16,17). The Morgan fingerprint density at radius 2 is 2.06 bits per heavy atom. The van der Waals surface area contributed by atoms with Gasteiger partial charge in [-0.05, 0) is 32.4 Å². The fourth-order valence-electron chi connectivity index (χ4n) is 1.45. The van der Waals surface area contributed by atoms with E-state index in [-0.39, 0.29) is 0 Å². The summed E-state index contributed by atoms with van der Waals surface area (Å²) in [5.74, 6) is 0. The minimum Gasteiger partial charge on any atom is -0.444 e. The first-order valence-electron chi connectivity index (χ1n) is 5.83. The van der Waals surface area contributed by atoms with Crippen LogP contribution in [-0.2, 0) is 11.2 Å². The van der Waals surface area contributed by atoms with E-state index >= 15 is 0 Å². The molecule has 0 spiro atoms. The molecular formula is C14H18N2O2. The smallest absolute Gasteiger partial charge is 0.412 e. The zero-order valence-corrected chi connectivity index (χ0v) is 11.0. The van der Waals surface area contributed by atoms with Gasteiger partial charge in [0.25, 0.3) is 0 Å². The van der Waals surface area contributed by atoms with Crippen molar-refractivity contribution in [2.75, 3.05) is 11.9 Å². The van der Waals surface area contributed by atoms with Crippen LogP contribution in [0.4, 0.5) is 10.5 Å². The lowest BCUT2D eigenvalue weighted by Gasteiger charge is -2.20. The summed E-state index contributed by atoms with van der Waals surface area (Å²) in [6.45, 7) is 12.7. The maximum atomic E-state index is 11.7. The Balaban J connectivity index is 2.72. The molecule has 0 aliphatic heterocycles. The van der Waals surface area contributed by atoms with Gasteiger partial charge in [0.05, 0.1) is 0 Å². The van der Waals surface area contributed by atoms with Crippen molar-refractivity contribution in [3.05, 3.63) is 41.2 Å². The topological polar surface area (TPSA) is 42.7 Å². The van der Waals surface area contributed by atoms with Crippen LogP contribution in [-0.4, -0.2) is 18.2 Å². The van der Waals surface area contributed by atoms with Gasteiger partial charge in [0.1, 0.15) is 5.60 Å². The predicted octanol–water partition coefficient (Wildman–Crippen LogP) is 3.50. The first-order chi connectivity index (χ1) is 8.42. The number of anilines is 1. The van der Waals surface area contributed by atoms with E-state index in [4.69, 9.17) is 11.3 Å². The fraction of sp³-hybridized carbons (Fsp3) is 0.429. The van der Waals surface area contributed by atoms with Crippen LogP contribution < -0.4 is 5.32 Å². The minimum absolute atomic E-state index is 0.410. The van der Waals surface area contributed by atoms with Crippen LogP contribution in [0.1, 0.15) is 26.3 Å². The largest absolute Gasteiger partial charge is 0.444 e. The van der Waals surface area contributed by atoms with Crippen molar-refractivity contribution in [1.29, 1.82) is 0 Å². The quantitative estimate of drug-likeness (QED) is 0.829. The molecule has 4 nitrogen and oxygen atoms in total. The molecule has 1 rings (SSSR count). The van der Waals surface area contributed by atoms with Gasteiger partial charge in [-0.15, -0.1) is 0 Å². The van der Waals surface area contributed by atoms with E-state index in [1.54, 1.807) is 0 Å². The van der Waals surface area contributed by atoms with Crippen LogP contribution in [0.3, 0.4) is 0 Å². The highest BCUT2D eigenvalue weighted by Gasteiger charge is 2.17. The Morgan fingerprint density at radius 1 is 1.39 bits per heavy atom. The molecule has 1 amide bonds. The van der Waals surface area contributed by atoms with Crippen molar-refractivity contribution < 1.29 is 9.53 Å². The average Bonchev–Trinajstić information content (AvgIpc) is 2.25. The lowest BCUT2D eigenvalue weighted by atomic mass is 10.1. The Morgan fingerprint density at radius 3 is 2.67 bits per heavy atom.